The van der Waals surface area contributed by atoms with Crippen molar-refractivity contribution in [3.8, 4) is 0 Å². The standard InChI is InChI=1S/C11H6ClO/c12-10-5-8-3-1-2-4-11(8)9(6-10)7-13/h1-6H. The minimum atomic E-state index is 0.517. The number of hydrogen-bond donors (Lipinski definition) is 0. The van der Waals surface area contributed by atoms with Gasteiger partial charge in [0.25, 0.3) is 0 Å². The van der Waals surface area contributed by atoms with Crippen LogP contribution in [0.2, 0.25) is 5.02 Å². The molecule has 0 bridgehead atoms. The number of hydrogen-bond acceptors (Lipinski definition) is 1. The summed E-state index contributed by atoms with van der Waals surface area (Å²) in [6.45, 7) is 0. The summed E-state index contributed by atoms with van der Waals surface area (Å²) in [5.41, 5.74) is 0.517. The minimum Gasteiger partial charge on any atom is -0.285 e. The highest BCUT2D eigenvalue weighted by atomic mass is 35.5. The number of benzene rings is 2. The van der Waals surface area contributed by atoms with E-state index < -0.39 is 0 Å². The zero-order chi connectivity index (χ0) is 9.26. The highest BCUT2D eigenvalue weighted by Gasteiger charge is 2.01. The molecule has 0 unspecified atom stereocenters. The fourth-order valence-electron chi connectivity index (χ4n) is 1.36. The Morgan fingerprint density at radius 2 is 1.92 bits per heavy atom. The third kappa shape index (κ3) is 1.43. The van der Waals surface area contributed by atoms with E-state index in [-0.39, 0.29) is 0 Å². The van der Waals surface area contributed by atoms with E-state index >= 15 is 0 Å². The number of halogens is 1. The van der Waals surface area contributed by atoms with Gasteiger partial charge in [0.15, 0.2) is 0 Å². The van der Waals surface area contributed by atoms with Crippen molar-refractivity contribution >= 4 is 28.7 Å². The van der Waals surface area contributed by atoms with Gasteiger partial charge in [-0.25, -0.2) is 0 Å². The van der Waals surface area contributed by atoms with E-state index in [0.717, 1.165) is 10.8 Å². The summed E-state index contributed by atoms with van der Waals surface area (Å²) in [6, 6.07) is 11.0. The maximum absolute atomic E-state index is 10.6. The fourth-order valence-corrected chi connectivity index (χ4v) is 1.59. The number of rotatable bonds is 1. The molecule has 0 heterocycles. The molecule has 0 atom stereocenters. The van der Waals surface area contributed by atoms with Crippen LogP contribution in [0.25, 0.3) is 10.8 Å². The van der Waals surface area contributed by atoms with Crippen molar-refractivity contribution in [2.75, 3.05) is 0 Å². The molecule has 0 N–H and O–H groups in total. The predicted molar refractivity (Wildman–Crippen MR) is 53.8 cm³/mol. The van der Waals surface area contributed by atoms with Crippen molar-refractivity contribution in [2.24, 2.45) is 0 Å². The predicted octanol–water partition coefficient (Wildman–Crippen LogP) is 2.95. The van der Waals surface area contributed by atoms with Crippen LogP contribution in [-0.2, 0) is 4.79 Å². The molecule has 0 saturated heterocycles. The Kier molecular flexibility index (Phi) is 2.03. The average molecular weight is 190 g/mol. The Bertz CT molecular complexity index is 463. The van der Waals surface area contributed by atoms with Crippen LogP contribution in [0.3, 0.4) is 0 Å². The lowest BCUT2D eigenvalue weighted by atomic mass is 10.1. The largest absolute Gasteiger partial charge is 0.285 e. The molecule has 0 fully saturated rings. The Labute approximate surface area is 80.9 Å². The first-order chi connectivity index (χ1) is 6.31. The molecule has 63 valence electrons. The lowest BCUT2D eigenvalue weighted by Crippen LogP contribution is -1.83. The van der Waals surface area contributed by atoms with Gasteiger partial charge in [-0.2, -0.15) is 0 Å². The monoisotopic (exact) mass is 189 g/mol. The molecule has 2 rings (SSSR count). The maximum atomic E-state index is 10.6. The van der Waals surface area contributed by atoms with E-state index in [0.29, 0.717) is 10.6 Å². The third-order valence-corrected chi connectivity index (χ3v) is 2.15. The minimum absolute atomic E-state index is 0.517. The lowest BCUT2D eigenvalue weighted by Gasteiger charge is -2.00. The second-order valence-corrected chi connectivity index (χ2v) is 3.21. The van der Waals surface area contributed by atoms with Crippen molar-refractivity contribution in [3.05, 3.63) is 47.0 Å². The normalized spacial score (nSPS) is 10.2. The summed E-state index contributed by atoms with van der Waals surface area (Å²) in [6.07, 6.45) is 1.88. The highest BCUT2D eigenvalue weighted by molar-refractivity contribution is 6.31. The van der Waals surface area contributed by atoms with Crippen molar-refractivity contribution in [3.63, 3.8) is 0 Å². The Morgan fingerprint density at radius 1 is 1.15 bits per heavy atom. The van der Waals surface area contributed by atoms with Gasteiger partial charge in [-0.1, -0.05) is 35.9 Å². The first-order valence-corrected chi connectivity index (χ1v) is 4.25. The summed E-state index contributed by atoms with van der Waals surface area (Å²) in [5, 5.41) is 2.42. The van der Waals surface area contributed by atoms with E-state index in [1.165, 1.54) is 0 Å². The van der Waals surface area contributed by atoms with Crippen LogP contribution in [0.1, 0.15) is 5.56 Å². The van der Waals surface area contributed by atoms with E-state index in [4.69, 9.17) is 11.6 Å². The summed E-state index contributed by atoms with van der Waals surface area (Å²) < 4.78 is 0. The zero-order valence-corrected chi connectivity index (χ0v) is 7.51. The molecular formula is C11H6ClO. The summed E-state index contributed by atoms with van der Waals surface area (Å²) in [7, 11) is 0. The average Bonchev–Trinajstić information content (AvgIpc) is 2.16. The number of carbonyl (C=O) groups excluding carboxylic acids is 1. The molecule has 0 amide bonds. The SMILES string of the molecule is O=[C]c1cc(Cl)cc2ccccc12. The molecule has 2 aromatic rings. The molecule has 1 radical (unpaired) electrons. The van der Waals surface area contributed by atoms with Crippen LogP contribution in [0.15, 0.2) is 36.4 Å². The van der Waals surface area contributed by atoms with Gasteiger partial charge in [-0.05, 0) is 22.9 Å². The second-order valence-electron chi connectivity index (χ2n) is 2.78. The molecule has 2 heteroatoms. The van der Waals surface area contributed by atoms with Crippen molar-refractivity contribution in [1.29, 1.82) is 0 Å². The van der Waals surface area contributed by atoms with Crippen LogP contribution in [0.5, 0.6) is 0 Å². The van der Waals surface area contributed by atoms with Gasteiger partial charge in [0, 0.05) is 10.6 Å². The quantitative estimate of drug-likeness (QED) is 0.674. The molecule has 0 saturated carbocycles. The molecular weight excluding hydrogens is 184 g/mol. The summed E-state index contributed by atoms with van der Waals surface area (Å²) >= 11 is 5.82. The van der Waals surface area contributed by atoms with Crippen molar-refractivity contribution in [1.82, 2.24) is 0 Å². The molecule has 1 nitrogen and oxygen atoms in total. The van der Waals surface area contributed by atoms with Crippen molar-refractivity contribution in [2.45, 2.75) is 0 Å². The molecule has 0 spiro atoms. The van der Waals surface area contributed by atoms with Gasteiger partial charge in [-0.3, -0.25) is 4.79 Å². The van der Waals surface area contributed by atoms with Crippen LogP contribution in [0, 0.1) is 0 Å². The Morgan fingerprint density at radius 3 is 2.69 bits per heavy atom. The van der Waals surface area contributed by atoms with Crippen molar-refractivity contribution < 1.29 is 4.79 Å². The lowest BCUT2D eigenvalue weighted by molar-refractivity contribution is 0.563. The first-order valence-electron chi connectivity index (χ1n) is 3.88. The third-order valence-electron chi connectivity index (χ3n) is 1.94. The van der Waals surface area contributed by atoms with Gasteiger partial charge in [0.05, 0.1) is 0 Å². The second kappa shape index (κ2) is 3.19. The van der Waals surface area contributed by atoms with Gasteiger partial charge >= 0.3 is 0 Å². The molecule has 0 aliphatic heterocycles. The van der Waals surface area contributed by atoms with E-state index in [9.17, 15) is 4.79 Å². The Hall–Kier alpha value is -1.34. The van der Waals surface area contributed by atoms with Crippen LogP contribution in [-0.4, -0.2) is 6.29 Å². The first kappa shape index (κ1) is 8.27. The molecule has 13 heavy (non-hydrogen) atoms. The smallest absolute Gasteiger partial charge is 0.234 e. The molecule has 0 aromatic heterocycles. The van der Waals surface area contributed by atoms with Crippen LogP contribution < -0.4 is 0 Å². The van der Waals surface area contributed by atoms with E-state index in [2.05, 4.69) is 0 Å². The molecule has 2 aromatic carbocycles. The Balaban J connectivity index is 2.89. The number of fused-ring (bicyclic) bond motifs is 1. The zero-order valence-electron chi connectivity index (χ0n) is 6.75. The van der Waals surface area contributed by atoms with E-state index in [1.807, 2.05) is 36.6 Å². The van der Waals surface area contributed by atoms with Crippen LogP contribution >= 0.6 is 11.6 Å². The topological polar surface area (TPSA) is 17.1 Å². The molecule has 0 aliphatic carbocycles. The summed E-state index contributed by atoms with van der Waals surface area (Å²) in [4.78, 5) is 10.6. The maximum Gasteiger partial charge on any atom is 0.234 e. The highest BCUT2D eigenvalue weighted by Crippen LogP contribution is 2.22. The fraction of sp³-hybridized carbons (Fsp3) is 0. The van der Waals surface area contributed by atoms with Gasteiger partial charge in [-0.15, -0.1) is 0 Å². The van der Waals surface area contributed by atoms with Gasteiger partial charge < -0.3 is 0 Å². The van der Waals surface area contributed by atoms with Crippen LogP contribution in [0.4, 0.5) is 0 Å². The van der Waals surface area contributed by atoms with Gasteiger partial charge in [0.2, 0.25) is 6.29 Å². The van der Waals surface area contributed by atoms with Gasteiger partial charge in [0.1, 0.15) is 0 Å². The summed E-state index contributed by atoms with van der Waals surface area (Å²) in [5.74, 6) is 0. The molecule has 0 aliphatic rings. The van der Waals surface area contributed by atoms with E-state index in [1.54, 1.807) is 6.07 Å².